The lowest BCUT2D eigenvalue weighted by Crippen LogP contribution is -2.56. The van der Waals surface area contributed by atoms with Gasteiger partial charge in [-0.1, -0.05) is 20.3 Å². The Morgan fingerprint density at radius 3 is 2.03 bits per heavy atom. The van der Waals surface area contributed by atoms with Gasteiger partial charge in [-0.25, -0.2) is 4.79 Å². The number of primary amides is 2. The number of aliphatic carboxylic acids is 1. The number of hydrogen-bond acceptors (Lipinski definition) is 7. The summed E-state index contributed by atoms with van der Waals surface area (Å²) in [7, 11) is 0. The first-order chi connectivity index (χ1) is 13.9. The van der Waals surface area contributed by atoms with E-state index in [9.17, 15) is 33.9 Å². The maximum atomic E-state index is 12.5. The van der Waals surface area contributed by atoms with Crippen molar-refractivity contribution in [3.8, 4) is 0 Å². The van der Waals surface area contributed by atoms with E-state index < -0.39 is 66.6 Å². The first-order valence-electron chi connectivity index (χ1n) is 9.31. The molecule has 10 N–H and O–H groups in total. The SMILES string of the molecule is CCC(C)C(NC(=O)CNC(=O)C(N)CC(N)=O)C(=O)NC(CCC(N)=O)C(=O)O. The van der Waals surface area contributed by atoms with Crippen LogP contribution in [0.1, 0.15) is 39.5 Å². The Hall–Kier alpha value is -3.22. The third kappa shape index (κ3) is 10.4. The lowest BCUT2D eigenvalue weighted by atomic mass is 9.97. The topological polar surface area (TPSA) is 237 Å². The number of rotatable bonds is 14. The number of nitrogens with two attached hydrogens (primary N) is 3. The van der Waals surface area contributed by atoms with Gasteiger partial charge in [-0.3, -0.25) is 24.0 Å². The highest BCUT2D eigenvalue weighted by molar-refractivity contribution is 5.93. The van der Waals surface area contributed by atoms with Crippen LogP contribution in [0, 0.1) is 5.92 Å². The molecule has 0 rings (SSSR count). The fraction of sp³-hybridized carbons (Fsp3) is 0.647. The molecule has 0 aliphatic rings. The Morgan fingerprint density at radius 2 is 1.57 bits per heavy atom. The molecule has 0 bridgehead atoms. The quantitative estimate of drug-likeness (QED) is 0.147. The molecule has 13 nitrogen and oxygen atoms in total. The second kappa shape index (κ2) is 13.1. The van der Waals surface area contributed by atoms with Gasteiger partial charge in [-0.05, 0) is 12.3 Å². The molecule has 170 valence electrons. The van der Waals surface area contributed by atoms with E-state index in [-0.39, 0.29) is 18.8 Å². The molecule has 0 aliphatic heterocycles. The third-order valence-electron chi connectivity index (χ3n) is 4.29. The van der Waals surface area contributed by atoms with E-state index in [1.807, 2.05) is 0 Å². The molecule has 0 aromatic heterocycles. The fourth-order valence-corrected chi connectivity index (χ4v) is 2.34. The van der Waals surface area contributed by atoms with Crippen LogP contribution < -0.4 is 33.2 Å². The fourth-order valence-electron chi connectivity index (χ4n) is 2.34. The molecular weight excluding hydrogens is 400 g/mol. The summed E-state index contributed by atoms with van der Waals surface area (Å²) in [6.07, 6.45) is -0.360. The first kappa shape index (κ1) is 26.8. The number of carboxylic acids is 1. The molecule has 4 unspecified atom stereocenters. The van der Waals surface area contributed by atoms with Gasteiger partial charge in [-0.2, -0.15) is 0 Å². The lowest BCUT2D eigenvalue weighted by Gasteiger charge is -2.25. The van der Waals surface area contributed by atoms with E-state index >= 15 is 0 Å². The summed E-state index contributed by atoms with van der Waals surface area (Å²) in [5.41, 5.74) is 15.4. The maximum absolute atomic E-state index is 12.5. The van der Waals surface area contributed by atoms with Crippen molar-refractivity contribution in [2.75, 3.05) is 6.54 Å². The minimum absolute atomic E-state index is 0.203. The van der Waals surface area contributed by atoms with Gasteiger partial charge in [0.15, 0.2) is 0 Å². The normalized spacial score (nSPS) is 14.5. The van der Waals surface area contributed by atoms with Crippen molar-refractivity contribution in [3.05, 3.63) is 0 Å². The highest BCUT2D eigenvalue weighted by Crippen LogP contribution is 2.09. The van der Waals surface area contributed by atoms with Gasteiger partial charge in [0.1, 0.15) is 12.1 Å². The van der Waals surface area contributed by atoms with Crippen molar-refractivity contribution in [2.24, 2.45) is 23.1 Å². The smallest absolute Gasteiger partial charge is 0.326 e. The highest BCUT2D eigenvalue weighted by Gasteiger charge is 2.30. The van der Waals surface area contributed by atoms with Gasteiger partial charge in [0, 0.05) is 6.42 Å². The minimum atomic E-state index is -1.36. The van der Waals surface area contributed by atoms with Crippen molar-refractivity contribution in [1.82, 2.24) is 16.0 Å². The summed E-state index contributed by atoms with van der Waals surface area (Å²) < 4.78 is 0. The predicted octanol–water partition coefficient (Wildman–Crippen LogP) is -3.33. The number of carbonyl (C=O) groups excluding carboxylic acids is 5. The van der Waals surface area contributed by atoms with Crippen LogP contribution in [0.3, 0.4) is 0 Å². The largest absolute Gasteiger partial charge is 0.480 e. The average Bonchev–Trinajstić information content (AvgIpc) is 2.65. The zero-order valence-corrected chi connectivity index (χ0v) is 17.0. The van der Waals surface area contributed by atoms with E-state index in [0.717, 1.165) is 0 Å². The zero-order valence-electron chi connectivity index (χ0n) is 17.0. The number of hydrogen-bond donors (Lipinski definition) is 7. The summed E-state index contributed by atoms with van der Waals surface area (Å²) in [4.78, 5) is 69.4. The van der Waals surface area contributed by atoms with Crippen LogP contribution in [0.4, 0.5) is 0 Å². The molecule has 0 spiro atoms. The molecule has 13 heteroatoms. The molecule has 0 radical (unpaired) electrons. The summed E-state index contributed by atoms with van der Waals surface area (Å²) in [6.45, 7) is 2.92. The molecule has 0 aromatic rings. The predicted molar refractivity (Wildman–Crippen MR) is 104 cm³/mol. The Kier molecular flexibility index (Phi) is 11.7. The lowest BCUT2D eigenvalue weighted by molar-refractivity contribution is -0.143. The molecule has 5 amide bonds. The number of carboxylic acid groups (broad SMARTS) is 1. The molecule has 0 fully saturated rings. The maximum Gasteiger partial charge on any atom is 0.326 e. The standard InChI is InChI=1S/C17H30N6O7/c1-3-8(2)14(16(28)22-10(17(29)30)4-5-11(19)24)23-13(26)7-21-15(27)9(18)6-12(20)25/h8-10,14H,3-7,18H2,1-2H3,(H2,19,24)(H2,20,25)(H,21,27)(H,22,28)(H,23,26)(H,29,30). The van der Waals surface area contributed by atoms with Crippen LogP contribution in [0.5, 0.6) is 0 Å². The number of amides is 5. The summed E-state index contributed by atoms with van der Waals surface area (Å²) in [5, 5.41) is 16.1. The van der Waals surface area contributed by atoms with Crippen molar-refractivity contribution in [2.45, 2.75) is 57.7 Å². The highest BCUT2D eigenvalue weighted by atomic mass is 16.4. The molecule has 0 heterocycles. The Morgan fingerprint density at radius 1 is 0.967 bits per heavy atom. The molecule has 0 aromatic carbocycles. The van der Waals surface area contributed by atoms with Crippen LogP contribution in [-0.2, 0) is 28.8 Å². The van der Waals surface area contributed by atoms with Gasteiger partial charge in [0.05, 0.1) is 19.0 Å². The molecule has 0 aliphatic carbocycles. The number of carbonyl (C=O) groups is 6. The zero-order chi connectivity index (χ0) is 23.4. The van der Waals surface area contributed by atoms with E-state index in [2.05, 4.69) is 16.0 Å². The van der Waals surface area contributed by atoms with Gasteiger partial charge in [-0.15, -0.1) is 0 Å². The first-order valence-corrected chi connectivity index (χ1v) is 9.31. The molecule has 0 saturated heterocycles. The molecule has 4 atom stereocenters. The van der Waals surface area contributed by atoms with Crippen LogP contribution >= 0.6 is 0 Å². The average molecular weight is 430 g/mol. The van der Waals surface area contributed by atoms with Crippen LogP contribution in [0.2, 0.25) is 0 Å². The van der Waals surface area contributed by atoms with E-state index in [4.69, 9.17) is 17.2 Å². The van der Waals surface area contributed by atoms with Crippen LogP contribution in [0.25, 0.3) is 0 Å². The monoisotopic (exact) mass is 430 g/mol. The summed E-state index contributed by atoms with van der Waals surface area (Å²) in [6, 6.07) is -3.67. The molecular formula is C17H30N6O7. The third-order valence-corrected chi connectivity index (χ3v) is 4.29. The molecule has 30 heavy (non-hydrogen) atoms. The Labute approximate surface area is 173 Å². The van der Waals surface area contributed by atoms with Gasteiger partial charge >= 0.3 is 5.97 Å². The van der Waals surface area contributed by atoms with Crippen LogP contribution in [-0.4, -0.2) is 65.3 Å². The van der Waals surface area contributed by atoms with Gasteiger partial charge < -0.3 is 38.3 Å². The van der Waals surface area contributed by atoms with Crippen LogP contribution in [0.15, 0.2) is 0 Å². The minimum Gasteiger partial charge on any atom is -0.480 e. The molecule has 0 saturated carbocycles. The van der Waals surface area contributed by atoms with Gasteiger partial charge in [0.2, 0.25) is 29.5 Å². The second-order valence-corrected chi connectivity index (χ2v) is 6.83. The van der Waals surface area contributed by atoms with E-state index in [1.54, 1.807) is 13.8 Å². The van der Waals surface area contributed by atoms with Crippen molar-refractivity contribution < 1.29 is 33.9 Å². The second-order valence-electron chi connectivity index (χ2n) is 6.83. The van der Waals surface area contributed by atoms with Crippen molar-refractivity contribution in [3.63, 3.8) is 0 Å². The van der Waals surface area contributed by atoms with E-state index in [0.29, 0.717) is 6.42 Å². The van der Waals surface area contributed by atoms with Crippen molar-refractivity contribution >= 4 is 35.5 Å². The summed E-state index contributed by atoms with van der Waals surface area (Å²) >= 11 is 0. The number of nitrogens with one attached hydrogen (secondary N) is 3. The van der Waals surface area contributed by atoms with E-state index in [1.165, 1.54) is 0 Å². The Balaban J connectivity index is 4.97. The Bertz CT molecular complexity index is 669. The van der Waals surface area contributed by atoms with Crippen molar-refractivity contribution in [1.29, 1.82) is 0 Å². The summed E-state index contributed by atoms with van der Waals surface area (Å²) in [5.74, 6) is -5.47. The van der Waals surface area contributed by atoms with Gasteiger partial charge in [0.25, 0.3) is 0 Å².